The number of carboxylic acid groups (broad SMARTS) is 1. The van der Waals surface area contributed by atoms with Crippen LogP contribution in [0, 0.1) is 22.9 Å². The van der Waals surface area contributed by atoms with Gasteiger partial charge in [0, 0.05) is 17.7 Å². The summed E-state index contributed by atoms with van der Waals surface area (Å²) in [6.45, 7) is 1.54. The van der Waals surface area contributed by atoms with E-state index in [2.05, 4.69) is 0 Å². The summed E-state index contributed by atoms with van der Waals surface area (Å²) in [7, 11) is 0. The van der Waals surface area contributed by atoms with Gasteiger partial charge in [-0.1, -0.05) is 6.07 Å². The molecule has 0 bridgehead atoms. The number of carboxylic acids is 1. The van der Waals surface area contributed by atoms with E-state index in [0.717, 1.165) is 18.2 Å². The van der Waals surface area contributed by atoms with Crippen LogP contribution >= 0.6 is 0 Å². The van der Waals surface area contributed by atoms with E-state index in [4.69, 9.17) is 5.11 Å². The predicted octanol–water partition coefficient (Wildman–Crippen LogP) is 2.14. The molecule has 0 aromatic heterocycles. The molecule has 1 aromatic rings. The molecule has 0 unspecified atom stereocenters. The van der Waals surface area contributed by atoms with Crippen molar-refractivity contribution in [1.82, 2.24) is 0 Å². The molecule has 0 fully saturated rings. The lowest BCUT2D eigenvalue weighted by Gasteiger charge is -2.02. The van der Waals surface area contributed by atoms with E-state index in [-0.39, 0.29) is 5.56 Å². The van der Waals surface area contributed by atoms with Crippen molar-refractivity contribution in [3.05, 3.63) is 45.3 Å². The number of rotatable bonds is 3. The van der Waals surface area contributed by atoms with E-state index < -0.39 is 22.4 Å². The van der Waals surface area contributed by atoms with Crippen molar-refractivity contribution >= 4 is 17.7 Å². The van der Waals surface area contributed by atoms with Crippen LogP contribution in [0.1, 0.15) is 11.1 Å². The Morgan fingerprint density at radius 3 is 2.69 bits per heavy atom. The summed E-state index contributed by atoms with van der Waals surface area (Å²) >= 11 is 0. The highest BCUT2D eigenvalue weighted by Crippen LogP contribution is 2.24. The zero-order chi connectivity index (χ0) is 12.3. The summed E-state index contributed by atoms with van der Waals surface area (Å²) < 4.78 is 13.5. The van der Waals surface area contributed by atoms with Crippen LogP contribution in [0.5, 0.6) is 0 Å². The van der Waals surface area contributed by atoms with Gasteiger partial charge in [-0.15, -0.1) is 0 Å². The normalized spacial score (nSPS) is 10.6. The van der Waals surface area contributed by atoms with Gasteiger partial charge < -0.3 is 5.11 Å². The average Bonchev–Trinajstić information content (AvgIpc) is 2.16. The number of halogens is 1. The third kappa shape index (κ3) is 2.41. The first-order valence-electron chi connectivity index (χ1n) is 4.28. The minimum atomic E-state index is -1.25. The Bertz CT molecular complexity index is 482. The molecule has 6 heteroatoms. The first kappa shape index (κ1) is 11.8. The van der Waals surface area contributed by atoms with E-state index in [1.54, 1.807) is 0 Å². The van der Waals surface area contributed by atoms with Crippen LogP contribution in [-0.4, -0.2) is 16.0 Å². The molecule has 0 saturated heterocycles. The van der Waals surface area contributed by atoms with Crippen molar-refractivity contribution in [3.63, 3.8) is 0 Å². The van der Waals surface area contributed by atoms with Crippen molar-refractivity contribution in [1.29, 1.82) is 0 Å². The quantitative estimate of drug-likeness (QED) is 0.485. The SMILES string of the molecule is Cc1ccc([N+](=O)[O-])c(F)c1/C=C/C(=O)O. The summed E-state index contributed by atoms with van der Waals surface area (Å²) in [5.74, 6) is -2.27. The highest BCUT2D eigenvalue weighted by atomic mass is 19.1. The molecular formula is C10H8FNO4. The Labute approximate surface area is 90.0 Å². The predicted molar refractivity (Wildman–Crippen MR) is 54.5 cm³/mol. The summed E-state index contributed by atoms with van der Waals surface area (Å²) in [6.07, 6.45) is 1.73. The molecule has 1 aromatic carbocycles. The number of hydrogen-bond acceptors (Lipinski definition) is 3. The van der Waals surface area contributed by atoms with Gasteiger partial charge in [-0.25, -0.2) is 4.79 Å². The number of aliphatic carboxylic acids is 1. The summed E-state index contributed by atoms with van der Waals surface area (Å²) in [6, 6.07) is 2.41. The minimum Gasteiger partial charge on any atom is -0.478 e. The van der Waals surface area contributed by atoms with Crippen LogP contribution in [0.15, 0.2) is 18.2 Å². The van der Waals surface area contributed by atoms with Crippen LogP contribution in [0.4, 0.5) is 10.1 Å². The van der Waals surface area contributed by atoms with Gasteiger partial charge in [0.25, 0.3) is 0 Å². The van der Waals surface area contributed by atoms with Crippen LogP contribution in [0.2, 0.25) is 0 Å². The average molecular weight is 225 g/mol. The van der Waals surface area contributed by atoms with E-state index in [9.17, 15) is 19.3 Å². The monoisotopic (exact) mass is 225 g/mol. The Kier molecular flexibility index (Phi) is 3.34. The lowest BCUT2D eigenvalue weighted by Crippen LogP contribution is -1.97. The molecule has 0 atom stereocenters. The molecule has 0 amide bonds. The maximum atomic E-state index is 13.5. The van der Waals surface area contributed by atoms with Crippen molar-refractivity contribution in [2.75, 3.05) is 0 Å². The molecule has 0 heterocycles. The van der Waals surface area contributed by atoms with Crippen LogP contribution in [0.25, 0.3) is 6.08 Å². The molecule has 0 aliphatic carbocycles. The van der Waals surface area contributed by atoms with Crippen LogP contribution in [-0.2, 0) is 4.79 Å². The van der Waals surface area contributed by atoms with Gasteiger partial charge in [-0.2, -0.15) is 4.39 Å². The van der Waals surface area contributed by atoms with E-state index in [1.165, 1.54) is 13.0 Å². The summed E-state index contributed by atoms with van der Waals surface area (Å²) in [4.78, 5) is 19.9. The Morgan fingerprint density at radius 2 is 2.19 bits per heavy atom. The van der Waals surface area contributed by atoms with E-state index >= 15 is 0 Å². The van der Waals surface area contributed by atoms with Gasteiger partial charge in [0.05, 0.1) is 4.92 Å². The van der Waals surface area contributed by atoms with Crippen LogP contribution in [0.3, 0.4) is 0 Å². The number of nitrogens with zero attached hydrogens (tertiary/aromatic N) is 1. The third-order valence-corrected chi connectivity index (χ3v) is 1.97. The lowest BCUT2D eigenvalue weighted by molar-refractivity contribution is -0.387. The minimum absolute atomic E-state index is 0.0865. The highest BCUT2D eigenvalue weighted by Gasteiger charge is 2.17. The lowest BCUT2D eigenvalue weighted by atomic mass is 10.1. The maximum Gasteiger partial charge on any atom is 0.328 e. The van der Waals surface area contributed by atoms with E-state index in [1.807, 2.05) is 0 Å². The van der Waals surface area contributed by atoms with Crippen molar-refractivity contribution in [2.24, 2.45) is 0 Å². The second-order valence-electron chi connectivity index (χ2n) is 3.06. The van der Waals surface area contributed by atoms with Gasteiger partial charge in [-0.3, -0.25) is 10.1 Å². The largest absolute Gasteiger partial charge is 0.478 e. The smallest absolute Gasteiger partial charge is 0.328 e. The maximum absolute atomic E-state index is 13.5. The van der Waals surface area contributed by atoms with Gasteiger partial charge in [0.2, 0.25) is 5.82 Å². The fraction of sp³-hybridized carbons (Fsp3) is 0.100. The van der Waals surface area contributed by atoms with Gasteiger partial charge in [0.15, 0.2) is 0 Å². The molecular weight excluding hydrogens is 217 g/mol. The molecule has 0 spiro atoms. The number of hydrogen-bond donors (Lipinski definition) is 1. The Balaban J connectivity index is 3.32. The molecule has 16 heavy (non-hydrogen) atoms. The number of nitro benzene ring substituents is 1. The topological polar surface area (TPSA) is 80.4 Å². The zero-order valence-electron chi connectivity index (χ0n) is 8.31. The fourth-order valence-electron chi connectivity index (χ4n) is 1.18. The molecule has 0 radical (unpaired) electrons. The Hall–Kier alpha value is -2.24. The van der Waals surface area contributed by atoms with Gasteiger partial charge in [-0.05, 0) is 18.6 Å². The molecule has 0 saturated carbocycles. The fourth-order valence-corrected chi connectivity index (χ4v) is 1.18. The van der Waals surface area contributed by atoms with Gasteiger partial charge >= 0.3 is 11.7 Å². The van der Waals surface area contributed by atoms with Crippen molar-refractivity contribution < 1.29 is 19.2 Å². The summed E-state index contributed by atoms with van der Waals surface area (Å²) in [5.41, 5.74) is -0.326. The number of carbonyl (C=O) groups is 1. The third-order valence-electron chi connectivity index (χ3n) is 1.97. The second kappa shape index (κ2) is 4.52. The number of aryl methyl sites for hydroxylation is 1. The van der Waals surface area contributed by atoms with E-state index in [0.29, 0.717) is 5.56 Å². The molecule has 5 nitrogen and oxygen atoms in total. The zero-order valence-corrected chi connectivity index (χ0v) is 8.31. The van der Waals surface area contributed by atoms with Crippen LogP contribution < -0.4 is 0 Å². The standard InChI is InChI=1S/C10H8FNO4/c1-6-2-4-8(12(15)16)10(11)7(6)3-5-9(13)14/h2-5H,1H3,(H,13,14)/b5-3+. The first-order chi connectivity index (χ1) is 7.43. The second-order valence-corrected chi connectivity index (χ2v) is 3.06. The Morgan fingerprint density at radius 1 is 1.56 bits per heavy atom. The molecule has 1 rings (SSSR count). The number of benzene rings is 1. The first-order valence-corrected chi connectivity index (χ1v) is 4.28. The molecule has 0 aliphatic heterocycles. The summed E-state index contributed by atoms with van der Waals surface area (Å²) in [5, 5.41) is 18.8. The highest BCUT2D eigenvalue weighted by molar-refractivity contribution is 5.85. The van der Waals surface area contributed by atoms with Crippen molar-refractivity contribution in [3.8, 4) is 0 Å². The number of nitro groups is 1. The molecule has 84 valence electrons. The molecule has 1 N–H and O–H groups in total. The van der Waals surface area contributed by atoms with Gasteiger partial charge in [0.1, 0.15) is 0 Å². The van der Waals surface area contributed by atoms with Crippen molar-refractivity contribution in [2.45, 2.75) is 6.92 Å². The molecule has 0 aliphatic rings.